The molecule has 0 aliphatic carbocycles. The van der Waals surface area contributed by atoms with E-state index in [1.54, 1.807) is 7.05 Å². The number of nitrogens with one attached hydrogen (secondary N) is 2. The van der Waals surface area contributed by atoms with Gasteiger partial charge in [-0.15, -0.1) is 24.0 Å². The first-order chi connectivity index (χ1) is 13.4. The molecule has 1 aromatic heterocycles. The van der Waals surface area contributed by atoms with E-state index < -0.39 is 0 Å². The summed E-state index contributed by atoms with van der Waals surface area (Å²) in [6.07, 6.45) is 1.01. The lowest BCUT2D eigenvalue weighted by Gasteiger charge is -2.13. The van der Waals surface area contributed by atoms with Crippen LogP contribution in [0.4, 0.5) is 0 Å². The molecule has 6 nitrogen and oxygen atoms in total. The molecule has 0 atom stereocenters. The number of ether oxygens (including phenoxy) is 1. The number of rotatable bonds is 9. The van der Waals surface area contributed by atoms with Gasteiger partial charge in [-0.25, -0.2) is 0 Å². The van der Waals surface area contributed by atoms with Crippen molar-refractivity contribution in [3.63, 3.8) is 0 Å². The number of benzene rings is 1. The van der Waals surface area contributed by atoms with Crippen molar-refractivity contribution in [3.05, 3.63) is 51.8 Å². The smallest absolute Gasteiger partial charge is 0.191 e. The molecule has 0 unspecified atom stereocenters. The highest BCUT2D eigenvalue weighted by atomic mass is 127. The quantitative estimate of drug-likeness (QED) is 0.212. The van der Waals surface area contributed by atoms with Crippen LogP contribution in [0.15, 0.2) is 35.3 Å². The standard InChI is InChI=1S/C20H29Cl2N5O.HI/c1-23-20(25-14-16-12-18(21)19(22)27(16)4)24-13-15-6-8-17(9-7-15)28-11-5-10-26(2)3;/h6-9,12H,5,10-11,13-14H2,1-4H3,(H2,23,24,25);1H. The van der Waals surface area contributed by atoms with E-state index >= 15 is 0 Å². The number of hydrogen-bond donors (Lipinski definition) is 2. The van der Waals surface area contributed by atoms with Gasteiger partial charge in [0.1, 0.15) is 10.9 Å². The van der Waals surface area contributed by atoms with Gasteiger partial charge in [-0.1, -0.05) is 35.3 Å². The highest BCUT2D eigenvalue weighted by Crippen LogP contribution is 2.24. The maximum atomic E-state index is 6.10. The number of aliphatic imine (C=N–C) groups is 1. The van der Waals surface area contributed by atoms with Gasteiger partial charge in [-0.2, -0.15) is 0 Å². The monoisotopic (exact) mass is 553 g/mol. The Labute approximate surface area is 200 Å². The fraction of sp³-hybridized carbons (Fsp3) is 0.450. The molecule has 2 rings (SSSR count). The first-order valence-corrected chi connectivity index (χ1v) is 9.97. The third-order valence-corrected chi connectivity index (χ3v) is 5.12. The van der Waals surface area contributed by atoms with Crippen LogP contribution in [-0.4, -0.2) is 49.7 Å². The van der Waals surface area contributed by atoms with Gasteiger partial charge in [-0.05, 0) is 44.3 Å². The molecule has 0 fully saturated rings. The van der Waals surface area contributed by atoms with E-state index in [1.165, 1.54) is 0 Å². The fourth-order valence-electron chi connectivity index (χ4n) is 2.61. The zero-order chi connectivity index (χ0) is 20.5. The van der Waals surface area contributed by atoms with E-state index in [1.807, 2.05) is 29.8 Å². The average Bonchev–Trinajstić information content (AvgIpc) is 2.93. The molecule has 1 aromatic carbocycles. The van der Waals surface area contributed by atoms with Crippen LogP contribution >= 0.6 is 47.2 Å². The second kappa shape index (κ2) is 13.2. The third kappa shape index (κ3) is 8.62. The van der Waals surface area contributed by atoms with E-state index in [0.29, 0.717) is 29.2 Å². The maximum absolute atomic E-state index is 6.10. The van der Waals surface area contributed by atoms with E-state index in [0.717, 1.165) is 36.6 Å². The molecule has 0 bridgehead atoms. The molecule has 0 saturated heterocycles. The van der Waals surface area contributed by atoms with Crippen LogP contribution in [0.25, 0.3) is 0 Å². The number of aromatic nitrogens is 1. The molecular formula is C20H30Cl2IN5O. The summed E-state index contributed by atoms with van der Waals surface area (Å²) in [5.74, 6) is 1.60. The zero-order valence-electron chi connectivity index (χ0n) is 17.3. The summed E-state index contributed by atoms with van der Waals surface area (Å²) in [6, 6.07) is 9.95. The Balaban J connectivity index is 0.00000420. The maximum Gasteiger partial charge on any atom is 0.191 e. The largest absolute Gasteiger partial charge is 0.494 e. The predicted molar refractivity (Wildman–Crippen MR) is 133 cm³/mol. The summed E-state index contributed by atoms with van der Waals surface area (Å²) >= 11 is 12.2. The molecule has 0 spiro atoms. The van der Waals surface area contributed by atoms with Crippen molar-refractivity contribution < 1.29 is 4.74 Å². The first kappa shape index (κ1) is 25.9. The SMILES string of the molecule is CN=C(NCc1ccc(OCCCN(C)C)cc1)NCc1cc(Cl)c(Cl)n1C.I. The van der Waals surface area contributed by atoms with Crippen molar-refractivity contribution in [1.29, 1.82) is 0 Å². The van der Waals surface area contributed by atoms with Gasteiger partial charge in [0.2, 0.25) is 0 Å². The Morgan fingerprint density at radius 1 is 1.14 bits per heavy atom. The predicted octanol–water partition coefficient (Wildman–Crippen LogP) is 4.15. The Morgan fingerprint density at radius 3 is 2.34 bits per heavy atom. The third-order valence-electron chi connectivity index (χ3n) is 4.28. The summed E-state index contributed by atoms with van der Waals surface area (Å²) < 4.78 is 7.61. The number of hydrogen-bond acceptors (Lipinski definition) is 3. The average molecular weight is 554 g/mol. The Bertz CT molecular complexity index is 778. The summed E-state index contributed by atoms with van der Waals surface area (Å²) in [7, 11) is 7.75. The van der Waals surface area contributed by atoms with Gasteiger partial charge in [0.15, 0.2) is 5.96 Å². The van der Waals surface area contributed by atoms with Crippen LogP contribution in [0.3, 0.4) is 0 Å². The van der Waals surface area contributed by atoms with Crippen molar-refractivity contribution in [1.82, 2.24) is 20.1 Å². The van der Waals surface area contributed by atoms with Crippen molar-refractivity contribution in [3.8, 4) is 5.75 Å². The Hall–Kier alpha value is -1.16. The van der Waals surface area contributed by atoms with Gasteiger partial charge in [0.25, 0.3) is 0 Å². The minimum Gasteiger partial charge on any atom is -0.494 e. The molecular weight excluding hydrogens is 524 g/mol. The van der Waals surface area contributed by atoms with Gasteiger partial charge in [0.05, 0.1) is 18.2 Å². The fourth-order valence-corrected chi connectivity index (χ4v) is 3.03. The number of nitrogens with zero attached hydrogens (tertiary/aromatic N) is 3. The number of halogens is 3. The van der Waals surface area contributed by atoms with Gasteiger partial charge < -0.3 is 24.8 Å². The van der Waals surface area contributed by atoms with Crippen LogP contribution in [0.2, 0.25) is 10.2 Å². The highest BCUT2D eigenvalue weighted by molar-refractivity contribution is 14.0. The summed E-state index contributed by atoms with van der Waals surface area (Å²) in [4.78, 5) is 6.40. The van der Waals surface area contributed by atoms with Crippen LogP contribution in [0, 0.1) is 0 Å². The summed E-state index contributed by atoms with van der Waals surface area (Å²) in [5, 5.41) is 7.64. The second-order valence-electron chi connectivity index (χ2n) is 6.76. The second-order valence-corrected chi connectivity index (χ2v) is 7.53. The summed E-state index contributed by atoms with van der Waals surface area (Å²) in [5.41, 5.74) is 2.13. The van der Waals surface area contributed by atoms with Gasteiger partial charge in [-0.3, -0.25) is 4.99 Å². The van der Waals surface area contributed by atoms with Crippen molar-refractivity contribution in [2.45, 2.75) is 19.5 Å². The minimum absolute atomic E-state index is 0. The van der Waals surface area contributed by atoms with Crippen molar-refractivity contribution >= 4 is 53.1 Å². The molecule has 2 aromatic rings. The van der Waals surface area contributed by atoms with Crippen LogP contribution in [0.5, 0.6) is 5.75 Å². The molecule has 0 radical (unpaired) electrons. The molecule has 0 saturated carbocycles. The molecule has 162 valence electrons. The minimum atomic E-state index is 0. The van der Waals surface area contributed by atoms with Crippen LogP contribution < -0.4 is 15.4 Å². The molecule has 29 heavy (non-hydrogen) atoms. The lowest BCUT2D eigenvalue weighted by atomic mass is 10.2. The molecule has 9 heteroatoms. The lowest BCUT2D eigenvalue weighted by molar-refractivity contribution is 0.281. The topological polar surface area (TPSA) is 53.8 Å². The zero-order valence-corrected chi connectivity index (χ0v) is 21.2. The molecule has 0 aliphatic rings. The van der Waals surface area contributed by atoms with Crippen LogP contribution in [0.1, 0.15) is 17.7 Å². The molecule has 0 amide bonds. The van der Waals surface area contributed by atoms with Gasteiger partial charge >= 0.3 is 0 Å². The van der Waals surface area contributed by atoms with E-state index in [-0.39, 0.29) is 24.0 Å². The van der Waals surface area contributed by atoms with Gasteiger partial charge in [0, 0.05) is 32.9 Å². The van der Waals surface area contributed by atoms with E-state index in [9.17, 15) is 0 Å². The lowest BCUT2D eigenvalue weighted by Crippen LogP contribution is -2.36. The molecule has 0 aliphatic heterocycles. The van der Waals surface area contributed by atoms with Crippen molar-refractivity contribution in [2.24, 2.45) is 12.0 Å². The number of guanidine groups is 1. The highest BCUT2D eigenvalue weighted by Gasteiger charge is 2.09. The molecule has 1 heterocycles. The van der Waals surface area contributed by atoms with E-state index in [2.05, 4.69) is 46.8 Å². The molecule has 2 N–H and O–H groups in total. The van der Waals surface area contributed by atoms with Crippen molar-refractivity contribution in [2.75, 3.05) is 34.3 Å². The normalized spacial score (nSPS) is 11.3. The Kier molecular flexibility index (Phi) is 11.8. The van der Waals surface area contributed by atoms with Crippen LogP contribution in [-0.2, 0) is 20.1 Å². The van der Waals surface area contributed by atoms with E-state index in [4.69, 9.17) is 27.9 Å². The summed E-state index contributed by atoms with van der Waals surface area (Å²) in [6.45, 7) is 2.98. The first-order valence-electron chi connectivity index (χ1n) is 9.21. The Morgan fingerprint density at radius 2 is 1.79 bits per heavy atom.